The number of ether oxygens (including phenoxy) is 3. The van der Waals surface area contributed by atoms with Crippen LogP contribution in [0.25, 0.3) is 0 Å². The molecule has 0 atom stereocenters. The van der Waals surface area contributed by atoms with Crippen LogP contribution in [0, 0.1) is 0 Å². The smallest absolute Gasteiger partial charge is 0.276 e. The number of hydrogen-bond donors (Lipinski definition) is 3. The lowest BCUT2D eigenvalue weighted by Crippen LogP contribution is -2.50. The number of halogens is 2. The Morgan fingerprint density at radius 2 is 1.59 bits per heavy atom. The Morgan fingerprint density at radius 3 is 2.24 bits per heavy atom. The predicted octanol–water partition coefficient (Wildman–Crippen LogP) is 2.48. The van der Waals surface area contributed by atoms with Crippen LogP contribution in [0.15, 0.2) is 42.5 Å². The molecular weight excluding hydrogens is 441 g/mol. The molecule has 0 fully saturated rings. The van der Waals surface area contributed by atoms with Gasteiger partial charge >= 0.3 is 0 Å². The fraction of sp³-hybridized carbons (Fsp3) is 0.167. The van der Waals surface area contributed by atoms with Gasteiger partial charge in [-0.2, -0.15) is 0 Å². The first-order valence-corrected chi connectivity index (χ1v) is 9.27. The average molecular weight is 458 g/mol. The monoisotopic (exact) mass is 457 g/mol. The molecule has 8 nitrogen and oxygen atoms in total. The van der Waals surface area contributed by atoms with Gasteiger partial charge in [-0.3, -0.25) is 25.8 Å². The molecule has 3 N–H and O–H groups in total. The summed E-state index contributed by atoms with van der Waals surface area (Å²) in [6.45, 7) is -0.592. The maximum absolute atomic E-state index is 11.8. The Kier molecular flexibility index (Phi) is 8.78. The summed E-state index contributed by atoms with van der Waals surface area (Å²) in [7, 11) is 1.55. The molecule has 0 saturated heterocycles. The Bertz CT molecular complexity index is 880. The first-order valence-electron chi connectivity index (χ1n) is 8.10. The average Bonchev–Trinajstić information content (AvgIpc) is 2.70. The number of thiocarbonyl (C=S) groups is 1. The van der Waals surface area contributed by atoms with E-state index in [4.69, 9.17) is 49.6 Å². The molecule has 0 radical (unpaired) electrons. The molecule has 0 saturated carbocycles. The number of benzene rings is 2. The molecule has 154 valence electrons. The van der Waals surface area contributed by atoms with Gasteiger partial charge in [0.15, 0.2) is 18.3 Å². The number of hydrogen-bond acceptors (Lipinski definition) is 6. The van der Waals surface area contributed by atoms with Crippen molar-refractivity contribution in [3.05, 3.63) is 52.5 Å². The van der Waals surface area contributed by atoms with Crippen molar-refractivity contribution >= 4 is 52.3 Å². The van der Waals surface area contributed by atoms with Crippen molar-refractivity contribution in [3.8, 4) is 17.2 Å². The Hall–Kier alpha value is -2.75. The van der Waals surface area contributed by atoms with Crippen molar-refractivity contribution in [1.29, 1.82) is 0 Å². The van der Waals surface area contributed by atoms with E-state index in [1.54, 1.807) is 37.4 Å². The highest BCUT2D eigenvalue weighted by molar-refractivity contribution is 7.80. The topological polar surface area (TPSA) is 97.9 Å². The summed E-state index contributed by atoms with van der Waals surface area (Å²) in [5, 5.41) is 2.95. The minimum absolute atomic E-state index is 0.112. The number of carbonyl (C=O) groups excluding carboxylic acids is 2. The van der Waals surface area contributed by atoms with Gasteiger partial charge in [-0.1, -0.05) is 23.2 Å². The zero-order chi connectivity index (χ0) is 21.2. The van der Waals surface area contributed by atoms with Crippen LogP contribution in [-0.4, -0.2) is 37.3 Å². The number of methoxy groups -OCH3 is 1. The zero-order valence-corrected chi connectivity index (χ0v) is 17.5. The minimum atomic E-state index is -0.544. The van der Waals surface area contributed by atoms with Crippen LogP contribution in [0.1, 0.15) is 0 Å². The molecule has 0 aromatic heterocycles. The van der Waals surface area contributed by atoms with Gasteiger partial charge in [0.05, 0.1) is 12.1 Å². The molecule has 0 unspecified atom stereocenters. The highest BCUT2D eigenvalue weighted by atomic mass is 35.5. The van der Waals surface area contributed by atoms with Crippen LogP contribution in [0.2, 0.25) is 10.0 Å². The second-order valence-electron chi connectivity index (χ2n) is 5.38. The molecule has 2 rings (SSSR count). The summed E-state index contributed by atoms with van der Waals surface area (Å²) >= 11 is 16.6. The van der Waals surface area contributed by atoms with Gasteiger partial charge in [-0.05, 0) is 54.7 Å². The van der Waals surface area contributed by atoms with E-state index in [-0.39, 0.29) is 23.3 Å². The van der Waals surface area contributed by atoms with E-state index in [9.17, 15) is 9.59 Å². The van der Waals surface area contributed by atoms with Gasteiger partial charge in [-0.25, -0.2) is 0 Å². The summed E-state index contributed by atoms with van der Waals surface area (Å²) in [6.07, 6.45) is 0. The lowest BCUT2D eigenvalue weighted by Gasteiger charge is -2.12. The predicted molar refractivity (Wildman–Crippen MR) is 112 cm³/mol. The number of hydrazine groups is 1. The molecular formula is C18H17Cl2N3O5S. The number of carbonyl (C=O) groups is 2. The Labute approximate surface area is 182 Å². The Balaban J connectivity index is 1.66. The second kappa shape index (κ2) is 11.3. The normalized spacial score (nSPS) is 9.90. The van der Waals surface area contributed by atoms with Gasteiger partial charge < -0.3 is 14.2 Å². The largest absolute Gasteiger partial charge is 0.497 e. The number of rotatable bonds is 7. The summed E-state index contributed by atoms with van der Waals surface area (Å²) in [4.78, 5) is 23.6. The highest BCUT2D eigenvalue weighted by Gasteiger charge is 2.09. The fourth-order valence-corrected chi connectivity index (χ4v) is 2.54. The van der Waals surface area contributed by atoms with Gasteiger partial charge in [0.2, 0.25) is 0 Å². The summed E-state index contributed by atoms with van der Waals surface area (Å²) in [5.41, 5.74) is 4.68. The lowest BCUT2D eigenvalue weighted by atomic mass is 10.3. The standard InChI is InChI=1S/C18H17Cl2N3O5S/c1-26-12-3-5-13(6-4-12)27-10-17(25)22-23-18(29)21-16(24)9-28-15-7-2-11(19)8-14(15)20/h2-8H,9-10H2,1H3,(H,22,25)(H2,21,23,24,29). The van der Waals surface area contributed by atoms with Crippen LogP contribution in [0.5, 0.6) is 17.2 Å². The van der Waals surface area contributed by atoms with Crippen LogP contribution < -0.4 is 30.4 Å². The van der Waals surface area contributed by atoms with Crippen molar-refractivity contribution in [2.75, 3.05) is 20.3 Å². The molecule has 0 bridgehead atoms. The van der Waals surface area contributed by atoms with Crippen LogP contribution in [0.4, 0.5) is 0 Å². The van der Waals surface area contributed by atoms with Crippen LogP contribution >= 0.6 is 35.4 Å². The Morgan fingerprint density at radius 1 is 0.931 bits per heavy atom. The maximum Gasteiger partial charge on any atom is 0.276 e. The summed E-state index contributed by atoms with van der Waals surface area (Å²) < 4.78 is 15.6. The van der Waals surface area contributed by atoms with Crippen molar-refractivity contribution in [1.82, 2.24) is 16.2 Å². The van der Waals surface area contributed by atoms with E-state index < -0.39 is 11.8 Å². The van der Waals surface area contributed by atoms with E-state index in [0.717, 1.165) is 0 Å². The third-order valence-electron chi connectivity index (χ3n) is 3.25. The molecule has 0 aliphatic carbocycles. The molecule has 11 heteroatoms. The van der Waals surface area contributed by atoms with Crippen LogP contribution in [0.3, 0.4) is 0 Å². The molecule has 0 aliphatic rings. The zero-order valence-electron chi connectivity index (χ0n) is 15.2. The molecule has 29 heavy (non-hydrogen) atoms. The van der Waals surface area contributed by atoms with Gasteiger partial charge in [0.1, 0.15) is 17.2 Å². The quantitative estimate of drug-likeness (QED) is 0.433. The fourth-order valence-electron chi connectivity index (χ4n) is 1.91. The highest BCUT2D eigenvalue weighted by Crippen LogP contribution is 2.27. The minimum Gasteiger partial charge on any atom is -0.497 e. The lowest BCUT2D eigenvalue weighted by molar-refractivity contribution is -0.124. The summed E-state index contributed by atoms with van der Waals surface area (Å²) in [6, 6.07) is 11.3. The maximum atomic E-state index is 11.8. The second-order valence-corrected chi connectivity index (χ2v) is 6.63. The molecule has 0 heterocycles. The first-order chi connectivity index (χ1) is 13.9. The molecule has 0 aliphatic heterocycles. The van der Waals surface area contributed by atoms with Crippen LogP contribution in [-0.2, 0) is 9.59 Å². The van der Waals surface area contributed by atoms with E-state index in [1.165, 1.54) is 12.1 Å². The van der Waals surface area contributed by atoms with Crippen molar-refractivity contribution < 1.29 is 23.8 Å². The van der Waals surface area contributed by atoms with Gasteiger partial charge in [0, 0.05) is 5.02 Å². The number of amides is 2. The van der Waals surface area contributed by atoms with Crippen molar-refractivity contribution in [3.63, 3.8) is 0 Å². The third-order valence-corrected chi connectivity index (χ3v) is 3.99. The van der Waals surface area contributed by atoms with E-state index >= 15 is 0 Å². The third kappa shape index (κ3) is 8.02. The van der Waals surface area contributed by atoms with Crippen molar-refractivity contribution in [2.24, 2.45) is 0 Å². The van der Waals surface area contributed by atoms with E-state index in [2.05, 4.69) is 16.2 Å². The molecule has 0 spiro atoms. The van der Waals surface area contributed by atoms with E-state index in [1.807, 2.05) is 0 Å². The molecule has 2 aromatic rings. The number of nitrogens with one attached hydrogen (secondary N) is 3. The summed E-state index contributed by atoms with van der Waals surface area (Å²) in [5.74, 6) is 0.426. The van der Waals surface area contributed by atoms with Gasteiger partial charge in [0.25, 0.3) is 11.8 Å². The first kappa shape index (κ1) is 22.5. The SMILES string of the molecule is COc1ccc(OCC(=O)NNC(=S)NC(=O)COc2ccc(Cl)cc2Cl)cc1. The molecule has 2 amide bonds. The molecule has 2 aromatic carbocycles. The van der Waals surface area contributed by atoms with Crippen molar-refractivity contribution in [2.45, 2.75) is 0 Å². The van der Waals surface area contributed by atoms with Gasteiger partial charge in [-0.15, -0.1) is 0 Å². The van der Waals surface area contributed by atoms with E-state index in [0.29, 0.717) is 22.3 Å².